The molecular weight excluding hydrogens is 148 g/mol. The van der Waals surface area contributed by atoms with Gasteiger partial charge in [-0.3, -0.25) is 0 Å². The monoisotopic (exact) mass is 166 g/mol. The van der Waals surface area contributed by atoms with Gasteiger partial charge >= 0.3 is 0 Å². The fourth-order valence-electron chi connectivity index (χ4n) is 4.21. The van der Waals surface area contributed by atoms with Crippen molar-refractivity contribution in [3.63, 3.8) is 0 Å². The van der Waals surface area contributed by atoms with Crippen LogP contribution >= 0.6 is 0 Å². The Morgan fingerprint density at radius 2 is 2.08 bits per heavy atom. The van der Waals surface area contributed by atoms with Crippen molar-refractivity contribution in [3.8, 4) is 0 Å². The van der Waals surface area contributed by atoms with Gasteiger partial charge in [-0.15, -0.1) is 0 Å². The van der Waals surface area contributed by atoms with Crippen LogP contribution in [0.25, 0.3) is 0 Å². The van der Waals surface area contributed by atoms with E-state index < -0.39 is 0 Å². The van der Waals surface area contributed by atoms with Crippen molar-refractivity contribution in [1.29, 1.82) is 0 Å². The van der Waals surface area contributed by atoms with E-state index in [9.17, 15) is 0 Å². The highest BCUT2D eigenvalue weighted by Gasteiger charge is 2.66. The molecule has 0 unspecified atom stereocenters. The molecule has 1 nitrogen and oxygen atoms in total. The zero-order valence-electron chi connectivity index (χ0n) is 8.10. The second kappa shape index (κ2) is 1.89. The van der Waals surface area contributed by atoms with Crippen molar-refractivity contribution in [1.82, 2.24) is 0 Å². The highest BCUT2D eigenvalue weighted by atomic mass is 16.5. The van der Waals surface area contributed by atoms with E-state index in [0.717, 1.165) is 12.5 Å². The normalized spacial score (nSPS) is 54.5. The third kappa shape index (κ3) is 0.555. The van der Waals surface area contributed by atoms with Crippen LogP contribution in [-0.4, -0.2) is 12.7 Å². The summed E-state index contributed by atoms with van der Waals surface area (Å²) in [6.07, 6.45) is 6.22. The van der Waals surface area contributed by atoms with Gasteiger partial charge in [0.25, 0.3) is 0 Å². The molecule has 68 valence electrons. The molecule has 2 aliphatic carbocycles. The summed E-state index contributed by atoms with van der Waals surface area (Å²) in [5.41, 5.74) is 1.17. The van der Waals surface area contributed by atoms with Crippen LogP contribution in [-0.2, 0) is 4.74 Å². The second-order valence-corrected chi connectivity index (χ2v) is 5.46. The molecule has 0 amide bonds. The average molecular weight is 166 g/mol. The van der Waals surface area contributed by atoms with E-state index in [2.05, 4.69) is 13.8 Å². The molecule has 1 aliphatic heterocycles. The molecule has 1 saturated heterocycles. The molecule has 0 radical (unpaired) electrons. The summed E-state index contributed by atoms with van der Waals surface area (Å²) in [5, 5.41) is 0. The lowest BCUT2D eigenvalue weighted by Crippen LogP contribution is -2.34. The second-order valence-electron chi connectivity index (χ2n) is 5.46. The Kier molecular flexibility index (Phi) is 1.16. The SMILES string of the molecule is CC1(C)[C@H]2CC[C@]13CCO[C@@H]3C2. The van der Waals surface area contributed by atoms with E-state index in [0.29, 0.717) is 16.9 Å². The van der Waals surface area contributed by atoms with Crippen molar-refractivity contribution >= 4 is 0 Å². The minimum atomic E-state index is 0.578. The molecule has 3 fully saturated rings. The lowest BCUT2D eigenvalue weighted by atomic mass is 9.67. The maximum Gasteiger partial charge on any atom is 0.0640 e. The van der Waals surface area contributed by atoms with Crippen molar-refractivity contribution in [2.75, 3.05) is 6.61 Å². The summed E-state index contributed by atoms with van der Waals surface area (Å²) in [6.45, 7) is 5.97. The third-order valence-corrected chi connectivity index (χ3v) is 5.22. The Morgan fingerprint density at radius 1 is 1.25 bits per heavy atom. The van der Waals surface area contributed by atoms with Crippen LogP contribution in [0.4, 0.5) is 0 Å². The van der Waals surface area contributed by atoms with E-state index in [4.69, 9.17) is 4.74 Å². The summed E-state index contributed by atoms with van der Waals surface area (Å²) >= 11 is 0. The number of hydrogen-bond donors (Lipinski definition) is 0. The summed E-state index contributed by atoms with van der Waals surface area (Å²) in [6, 6.07) is 0. The predicted molar refractivity (Wildman–Crippen MR) is 47.9 cm³/mol. The highest BCUT2D eigenvalue weighted by molar-refractivity contribution is 5.14. The van der Waals surface area contributed by atoms with Gasteiger partial charge in [0.2, 0.25) is 0 Å². The molecule has 3 atom stereocenters. The molecule has 1 heterocycles. The third-order valence-electron chi connectivity index (χ3n) is 5.22. The molecule has 12 heavy (non-hydrogen) atoms. The summed E-state index contributed by atoms with van der Waals surface area (Å²) in [5.74, 6) is 0.961. The first-order valence-corrected chi connectivity index (χ1v) is 5.28. The Balaban J connectivity index is 2.09. The first-order valence-electron chi connectivity index (χ1n) is 5.28. The number of fused-ring (bicyclic) bond motifs is 1. The Hall–Kier alpha value is -0.0400. The molecule has 3 aliphatic rings. The summed E-state index contributed by atoms with van der Waals surface area (Å²) < 4.78 is 5.84. The number of hydrogen-bond acceptors (Lipinski definition) is 1. The predicted octanol–water partition coefficient (Wildman–Crippen LogP) is 2.60. The quantitative estimate of drug-likeness (QED) is 0.537. The minimum absolute atomic E-state index is 0.578. The van der Waals surface area contributed by atoms with Crippen molar-refractivity contribution in [2.24, 2.45) is 16.7 Å². The van der Waals surface area contributed by atoms with Gasteiger partial charge in [-0.2, -0.15) is 0 Å². The highest BCUT2D eigenvalue weighted by Crippen LogP contribution is 2.69. The van der Waals surface area contributed by atoms with E-state index in [1.807, 2.05) is 0 Å². The number of ether oxygens (including phenoxy) is 1. The van der Waals surface area contributed by atoms with Crippen molar-refractivity contribution in [3.05, 3.63) is 0 Å². The molecular formula is C11H18O. The van der Waals surface area contributed by atoms with Gasteiger partial charge in [-0.25, -0.2) is 0 Å². The smallest absolute Gasteiger partial charge is 0.0640 e. The van der Waals surface area contributed by atoms with Crippen LogP contribution in [0.15, 0.2) is 0 Å². The maximum absolute atomic E-state index is 5.84. The van der Waals surface area contributed by atoms with E-state index in [-0.39, 0.29) is 0 Å². The topological polar surface area (TPSA) is 9.23 Å². The largest absolute Gasteiger partial charge is 0.378 e. The molecule has 2 saturated carbocycles. The first kappa shape index (κ1) is 7.37. The molecule has 1 heteroatoms. The lowest BCUT2D eigenvalue weighted by molar-refractivity contribution is 0.0349. The van der Waals surface area contributed by atoms with Crippen LogP contribution in [0, 0.1) is 16.7 Å². The van der Waals surface area contributed by atoms with Gasteiger partial charge in [0.05, 0.1) is 6.10 Å². The van der Waals surface area contributed by atoms with Gasteiger partial charge in [0.1, 0.15) is 0 Å². The van der Waals surface area contributed by atoms with E-state index in [1.54, 1.807) is 0 Å². The zero-order chi connectivity index (χ0) is 8.40. The Morgan fingerprint density at radius 3 is 2.75 bits per heavy atom. The fourth-order valence-corrected chi connectivity index (χ4v) is 4.21. The van der Waals surface area contributed by atoms with Crippen LogP contribution in [0.2, 0.25) is 0 Å². The van der Waals surface area contributed by atoms with Crippen molar-refractivity contribution in [2.45, 2.75) is 45.6 Å². The standard InChI is InChI=1S/C11H18O/c1-10(2)8-3-4-11(10)5-6-12-9(11)7-8/h8-9H,3-7H2,1-2H3/t8-,9+,11+/m0/s1. The number of rotatable bonds is 0. The van der Waals surface area contributed by atoms with Crippen LogP contribution in [0.3, 0.4) is 0 Å². The van der Waals surface area contributed by atoms with Gasteiger partial charge in [-0.1, -0.05) is 13.8 Å². The zero-order valence-corrected chi connectivity index (χ0v) is 8.10. The van der Waals surface area contributed by atoms with E-state index in [1.165, 1.54) is 25.7 Å². The molecule has 3 rings (SSSR count). The molecule has 0 aromatic carbocycles. The van der Waals surface area contributed by atoms with Crippen LogP contribution < -0.4 is 0 Å². The van der Waals surface area contributed by atoms with E-state index >= 15 is 0 Å². The lowest BCUT2D eigenvalue weighted by Gasteiger charge is -2.36. The summed E-state index contributed by atoms with van der Waals surface area (Å²) in [7, 11) is 0. The first-order chi connectivity index (χ1) is 5.67. The molecule has 1 spiro atoms. The Bertz CT molecular complexity index is 217. The Labute approximate surface area is 74.5 Å². The summed E-state index contributed by atoms with van der Waals surface area (Å²) in [4.78, 5) is 0. The van der Waals surface area contributed by atoms with Crippen LogP contribution in [0.1, 0.15) is 39.5 Å². The molecule has 2 bridgehead atoms. The molecule has 0 aromatic rings. The molecule has 0 N–H and O–H groups in total. The van der Waals surface area contributed by atoms with Gasteiger partial charge in [0.15, 0.2) is 0 Å². The molecule has 0 aromatic heterocycles. The van der Waals surface area contributed by atoms with Gasteiger partial charge in [0, 0.05) is 12.0 Å². The minimum Gasteiger partial charge on any atom is -0.378 e. The van der Waals surface area contributed by atoms with Crippen LogP contribution in [0.5, 0.6) is 0 Å². The average Bonchev–Trinajstić information content (AvgIpc) is 2.60. The van der Waals surface area contributed by atoms with Gasteiger partial charge in [-0.05, 0) is 37.0 Å². The fraction of sp³-hybridized carbons (Fsp3) is 1.00. The van der Waals surface area contributed by atoms with Crippen molar-refractivity contribution < 1.29 is 4.74 Å². The maximum atomic E-state index is 5.84. The van der Waals surface area contributed by atoms with Gasteiger partial charge < -0.3 is 4.74 Å².